The number of carbonyl (C=O) groups is 1. The first-order chi connectivity index (χ1) is 13.4. The van der Waals surface area contributed by atoms with Crippen LogP contribution in [0.15, 0.2) is 42.5 Å². The minimum atomic E-state index is -0.309. The SMILES string of the molecule is COc1cc(Cl)c(C)cc1Nc1cc(C(=O)Nc2ccc(C)cc2)nc(C)n1. The van der Waals surface area contributed by atoms with Gasteiger partial charge in [0.15, 0.2) is 0 Å². The molecule has 144 valence electrons. The van der Waals surface area contributed by atoms with Crippen molar-refractivity contribution in [2.75, 3.05) is 17.7 Å². The lowest BCUT2D eigenvalue weighted by Gasteiger charge is -2.13. The summed E-state index contributed by atoms with van der Waals surface area (Å²) in [6.07, 6.45) is 0. The third-order valence-corrected chi connectivity index (χ3v) is 4.53. The monoisotopic (exact) mass is 396 g/mol. The van der Waals surface area contributed by atoms with Gasteiger partial charge < -0.3 is 15.4 Å². The van der Waals surface area contributed by atoms with Gasteiger partial charge in [-0.3, -0.25) is 4.79 Å². The second-order valence-electron chi connectivity index (χ2n) is 6.43. The normalized spacial score (nSPS) is 10.5. The Bertz CT molecular complexity index is 1020. The lowest BCUT2D eigenvalue weighted by atomic mass is 10.2. The van der Waals surface area contributed by atoms with E-state index in [4.69, 9.17) is 16.3 Å². The standard InChI is InChI=1S/C21H21ClN4O2/c1-12-5-7-15(8-6-12)25-21(27)18-11-20(24-14(3)23-18)26-17-9-13(2)16(22)10-19(17)28-4/h5-11H,1-4H3,(H,25,27)(H,23,24,26). The highest BCUT2D eigenvalue weighted by Gasteiger charge is 2.13. The molecule has 0 atom stereocenters. The number of halogens is 1. The molecule has 3 aromatic rings. The summed E-state index contributed by atoms with van der Waals surface area (Å²) in [7, 11) is 1.57. The van der Waals surface area contributed by atoms with Crippen molar-refractivity contribution in [2.45, 2.75) is 20.8 Å². The van der Waals surface area contributed by atoms with Crippen LogP contribution in [0.1, 0.15) is 27.4 Å². The summed E-state index contributed by atoms with van der Waals surface area (Å²) in [5, 5.41) is 6.64. The molecule has 0 aliphatic carbocycles. The number of hydrogen-bond acceptors (Lipinski definition) is 5. The van der Waals surface area contributed by atoms with Crippen LogP contribution in [0.5, 0.6) is 5.75 Å². The Labute approximate surface area is 168 Å². The number of benzene rings is 2. The van der Waals surface area contributed by atoms with Crippen molar-refractivity contribution in [1.29, 1.82) is 0 Å². The topological polar surface area (TPSA) is 76.1 Å². The number of methoxy groups -OCH3 is 1. The van der Waals surface area contributed by atoms with Crippen molar-refractivity contribution >= 4 is 34.7 Å². The number of aromatic nitrogens is 2. The van der Waals surface area contributed by atoms with Crippen LogP contribution in [-0.4, -0.2) is 23.0 Å². The van der Waals surface area contributed by atoms with Crippen LogP contribution in [0.4, 0.5) is 17.2 Å². The molecule has 0 spiro atoms. The molecular formula is C21H21ClN4O2. The van der Waals surface area contributed by atoms with Gasteiger partial charge >= 0.3 is 0 Å². The van der Waals surface area contributed by atoms with Crippen molar-refractivity contribution in [3.63, 3.8) is 0 Å². The number of amides is 1. The summed E-state index contributed by atoms with van der Waals surface area (Å²) in [5.41, 5.74) is 3.69. The van der Waals surface area contributed by atoms with Crippen LogP contribution in [0.2, 0.25) is 5.02 Å². The Balaban J connectivity index is 1.86. The first kappa shape index (κ1) is 19.6. The van der Waals surface area contributed by atoms with E-state index in [9.17, 15) is 4.79 Å². The second kappa shape index (κ2) is 8.27. The fourth-order valence-electron chi connectivity index (χ4n) is 2.65. The molecule has 6 nitrogen and oxygen atoms in total. The van der Waals surface area contributed by atoms with Crippen LogP contribution < -0.4 is 15.4 Å². The lowest BCUT2D eigenvalue weighted by Crippen LogP contribution is -2.15. The molecule has 28 heavy (non-hydrogen) atoms. The van der Waals surface area contributed by atoms with Crippen molar-refractivity contribution < 1.29 is 9.53 Å². The number of hydrogen-bond donors (Lipinski definition) is 2. The minimum absolute atomic E-state index is 0.264. The average molecular weight is 397 g/mol. The second-order valence-corrected chi connectivity index (χ2v) is 6.84. The number of nitrogens with one attached hydrogen (secondary N) is 2. The van der Waals surface area contributed by atoms with E-state index in [2.05, 4.69) is 20.6 Å². The highest BCUT2D eigenvalue weighted by Crippen LogP contribution is 2.32. The van der Waals surface area contributed by atoms with E-state index in [1.807, 2.05) is 44.2 Å². The van der Waals surface area contributed by atoms with Gasteiger partial charge in [0.2, 0.25) is 0 Å². The summed E-state index contributed by atoms with van der Waals surface area (Å²) in [4.78, 5) is 21.2. The van der Waals surface area contributed by atoms with Gasteiger partial charge in [0.1, 0.15) is 23.1 Å². The fourth-order valence-corrected chi connectivity index (χ4v) is 2.80. The smallest absolute Gasteiger partial charge is 0.274 e. The van der Waals surface area contributed by atoms with E-state index in [1.165, 1.54) is 0 Å². The first-order valence-electron chi connectivity index (χ1n) is 8.70. The predicted molar refractivity (Wildman–Crippen MR) is 112 cm³/mol. The Hall–Kier alpha value is -3.12. The molecule has 0 bridgehead atoms. The summed E-state index contributed by atoms with van der Waals surface area (Å²) in [5.74, 6) is 1.24. The van der Waals surface area contributed by atoms with Crippen LogP contribution >= 0.6 is 11.6 Å². The molecule has 3 rings (SSSR count). The van der Waals surface area contributed by atoms with Gasteiger partial charge in [0, 0.05) is 22.8 Å². The van der Waals surface area contributed by atoms with Crippen molar-refractivity contribution in [1.82, 2.24) is 9.97 Å². The third kappa shape index (κ3) is 4.58. The molecule has 0 radical (unpaired) electrons. The van der Waals surface area contributed by atoms with Gasteiger partial charge in [0.25, 0.3) is 5.91 Å². The number of rotatable bonds is 5. The summed E-state index contributed by atoms with van der Waals surface area (Å²) < 4.78 is 5.38. The van der Waals surface area contributed by atoms with Gasteiger partial charge in [-0.15, -0.1) is 0 Å². The fraction of sp³-hybridized carbons (Fsp3) is 0.190. The zero-order chi connectivity index (χ0) is 20.3. The largest absolute Gasteiger partial charge is 0.495 e. The summed E-state index contributed by atoms with van der Waals surface area (Å²) in [6, 6.07) is 12.8. The van der Waals surface area contributed by atoms with Gasteiger partial charge in [-0.25, -0.2) is 9.97 Å². The molecule has 0 saturated carbocycles. The number of nitrogens with zero attached hydrogens (tertiary/aromatic N) is 2. The maximum atomic E-state index is 12.6. The summed E-state index contributed by atoms with van der Waals surface area (Å²) >= 11 is 6.16. The molecule has 2 N–H and O–H groups in total. The molecule has 1 aromatic heterocycles. The molecule has 1 heterocycles. The van der Waals surface area contributed by atoms with E-state index in [-0.39, 0.29) is 11.6 Å². The van der Waals surface area contributed by atoms with E-state index in [0.29, 0.717) is 33.8 Å². The highest BCUT2D eigenvalue weighted by atomic mass is 35.5. The molecule has 2 aromatic carbocycles. The molecule has 7 heteroatoms. The quantitative estimate of drug-likeness (QED) is 0.630. The maximum absolute atomic E-state index is 12.6. The predicted octanol–water partition coefficient (Wildman–Crippen LogP) is 5.06. The number of aryl methyl sites for hydroxylation is 3. The maximum Gasteiger partial charge on any atom is 0.274 e. The highest BCUT2D eigenvalue weighted by molar-refractivity contribution is 6.31. The summed E-state index contributed by atoms with van der Waals surface area (Å²) in [6.45, 7) is 5.63. The van der Waals surface area contributed by atoms with Crippen LogP contribution in [0.25, 0.3) is 0 Å². The van der Waals surface area contributed by atoms with Crippen molar-refractivity contribution in [2.24, 2.45) is 0 Å². The van der Waals surface area contributed by atoms with Crippen molar-refractivity contribution in [3.05, 3.63) is 70.1 Å². The zero-order valence-corrected chi connectivity index (χ0v) is 16.9. The average Bonchev–Trinajstić information content (AvgIpc) is 2.66. The molecule has 0 aliphatic heterocycles. The number of ether oxygens (including phenoxy) is 1. The van der Waals surface area contributed by atoms with E-state index in [0.717, 1.165) is 11.1 Å². The Morgan fingerprint density at radius 3 is 2.43 bits per heavy atom. The van der Waals surface area contributed by atoms with Gasteiger partial charge in [0.05, 0.1) is 12.8 Å². The molecule has 0 saturated heterocycles. The first-order valence-corrected chi connectivity index (χ1v) is 9.08. The number of carbonyl (C=O) groups excluding carboxylic acids is 1. The Kier molecular flexibility index (Phi) is 5.80. The molecule has 0 fully saturated rings. The number of anilines is 3. The minimum Gasteiger partial charge on any atom is -0.495 e. The van der Waals surface area contributed by atoms with Gasteiger partial charge in [-0.1, -0.05) is 29.3 Å². The molecular weight excluding hydrogens is 376 g/mol. The van der Waals surface area contributed by atoms with Crippen LogP contribution in [0, 0.1) is 20.8 Å². The van der Waals surface area contributed by atoms with E-state index < -0.39 is 0 Å². The van der Waals surface area contributed by atoms with Crippen LogP contribution in [-0.2, 0) is 0 Å². The van der Waals surface area contributed by atoms with Gasteiger partial charge in [-0.05, 0) is 44.5 Å². The van der Waals surface area contributed by atoms with Gasteiger partial charge in [-0.2, -0.15) is 0 Å². The molecule has 0 aliphatic rings. The molecule has 1 amide bonds. The Morgan fingerprint density at radius 1 is 1.04 bits per heavy atom. The van der Waals surface area contributed by atoms with E-state index in [1.54, 1.807) is 26.2 Å². The Morgan fingerprint density at radius 2 is 1.75 bits per heavy atom. The van der Waals surface area contributed by atoms with Crippen LogP contribution in [0.3, 0.4) is 0 Å². The molecule has 0 unspecified atom stereocenters. The zero-order valence-electron chi connectivity index (χ0n) is 16.1. The third-order valence-electron chi connectivity index (χ3n) is 4.12. The van der Waals surface area contributed by atoms with E-state index >= 15 is 0 Å². The van der Waals surface area contributed by atoms with Crippen molar-refractivity contribution in [3.8, 4) is 5.75 Å². The lowest BCUT2D eigenvalue weighted by molar-refractivity contribution is 0.102.